The maximum atomic E-state index is 13.0. The summed E-state index contributed by atoms with van der Waals surface area (Å²) in [5.41, 5.74) is 0. The Kier molecular flexibility index (Phi) is 50.9. The van der Waals surface area contributed by atoms with Gasteiger partial charge in [-0.25, -0.2) is 0 Å². The number of nitrogens with one attached hydrogen (secondary N) is 1. The summed E-state index contributed by atoms with van der Waals surface area (Å²) in [5.74, 6) is -0.217. The highest BCUT2D eigenvalue weighted by atomic mass is 31.2. The summed E-state index contributed by atoms with van der Waals surface area (Å²) in [5, 5.41) is 13.9. The lowest BCUT2D eigenvalue weighted by Gasteiger charge is -2.29. The quantitative estimate of drug-likeness (QED) is 0.0272. The SMILES string of the molecule is CC/C=C\C/C=C\C/C=C\C/C=C\C/C=C\C/C=C\CCCCCCCCCCCCCCC(=O)NC(COP(=O)([O-])OCC[N+](C)(C)C)C(O)/C=C/CC/C=C/CC/C=C/CCCCCCCCCCC. The molecule has 0 aromatic heterocycles. The van der Waals surface area contributed by atoms with E-state index in [1.165, 1.54) is 128 Å². The Morgan fingerprint density at radius 2 is 0.861 bits per heavy atom. The van der Waals surface area contributed by atoms with E-state index in [0.717, 1.165) is 83.5 Å². The molecule has 0 saturated heterocycles. The number of rotatable bonds is 52. The lowest BCUT2D eigenvalue weighted by atomic mass is 10.0. The van der Waals surface area contributed by atoms with E-state index in [1.807, 2.05) is 27.2 Å². The number of aliphatic hydroxyl groups excluding tert-OH is 1. The molecule has 0 aromatic carbocycles. The number of carbonyl (C=O) groups is 1. The van der Waals surface area contributed by atoms with Gasteiger partial charge < -0.3 is 28.8 Å². The first kappa shape index (κ1) is 69.2. The normalized spacial score (nSPS) is 14.7. The molecular weight excluding hydrogens is 912 g/mol. The second-order valence-electron chi connectivity index (χ2n) is 20.6. The minimum atomic E-state index is -4.62. The summed E-state index contributed by atoms with van der Waals surface area (Å²) in [6, 6.07) is -0.918. The van der Waals surface area contributed by atoms with E-state index in [2.05, 4.69) is 116 Å². The van der Waals surface area contributed by atoms with Crippen LogP contribution < -0.4 is 10.2 Å². The molecule has 9 heteroatoms. The number of quaternary nitrogens is 1. The molecule has 0 spiro atoms. The van der Waals surface area contributed by atoms with Crippen molar-refractivity contribution in [1.29, 1.82) is 0 Å². The van der Waals surface area contributed by atoms with E-state index in [-0.39, 0.29) is 12.5 Å². The van der Waals surface area contributed by atoms with Gasteiger partial charge in [0.25, 0.3) is 7.82 Å². The van der Waals surface area contributed by atoms with Crippen LogP contribution in [-0.4, -0.2) is 68.5 Å². The number of aliphatic hydroxyl groups is 1. The van der Waals surface area contributed by atoms with Crippen molar-refractivity contribution >= 4 is 13.7 Å². The van der Waals surface area contributed by atoms with Gasteiger partial charge in [-0.05, 0) is 96.3 Å². The zero-order valence-electron chi connectivity index (χ0n) is 47.1. The van der Waals surface area contributed by atoms with E-state index < -0.39 is 26.6 Å². The number of carbonyl (C=O) groups excluding carboxylic acids is 1. The molecule has 0 bridgehead atoms. The monoisotopic (exact) mass is 1020 g/mol. The minimum absolute atomic E-state index is 0.0141. The summed E-state index contributed by atoms with van der Waals surface area (Å²) in [6.07, 6.45) is 77.4. The largest absolute Gasteiger partial charge is 0.756 e. The highest BCUT2D eigenvalue weighted by Gasteiger charge is 2.23. The van der Waals surface area contributed by atoms with Crippen LogP contribution in [0, 0.1) is 0 Å². The lowest BCUT2D eigenvalue weighted by Crippen LogP contribution is -2.45. The Hall–Kier alpha value is -2.84. The van der Waals surface area contributed by atoms with Gasteiger partial charge in [0.05, 0.1) is 39.9 Å². The third-order valence-electron chi connectivity index (χ3n) is 12.4. The lowest BCUT2D eigenvalue weighted by molar-refractivity contribution is -0.870. The average Bonchev–Trinajstić information content (AvgIpc) is 3.34. The van der Waals surface area contributed by atoms with Gasteiger partial charge in [0.1, 0.15) is 13.2 Å². The fraction of sp³-hybridized carbons (Fsp3) is 0.698. The van der Waals surface area contributed by atoms with Gasteiger partial charge in [0.2, 0.25) is 5.91 Å². The van der Waals surface area contributed by atoms with Gasteiger partial charge in [-0.3, -0.25) is 9.36 Å². The van der Waals surface area contributed by atoms with Crippen molar-refractivity contribution in [2.24, 2.45) is 0 Å². The molecule has 0 aromatic rings. The van der Waals surface area contributed by atoms with E-state index in [4.69, 9.17) is 9.05 Å². The predicted molar refractivity (Wildman–Crippen MR) is 311 cm³/mol. The molecule has 0 aliphatic carbocycles. The molecule has 0 fully saturated rings. The Morgan fingerprint density at radius 3 is 1.29 bits per heavy atom. The van der Waals surface area contributed by atoms with Crippen molar-refractivity contribution in [2.75, 3.05) is 40.9 Å². The fourth-order valence-corrected chi connectivity index (χ4v) is 8.62. The molecule has 0 heterocycles. The molecule has 3 unspecified atom stereocenters. The molecular formula is C63H111N2O6P. The number of hydrogen-bond acceptors (Lipinski definition) is 6. The van der Waals surface area contributed by atoms with E-state index >= 15 is 0 Å². The topological polar surface area (TPSA) is 108 Å². The number of amides is 1. The van der Waals surface area contributed by atoms with E-state index in [1.54, 1.807) is 6.08 Å². The van der Waals surface area contributed by atoms with Crippen LogP contribution in [0.4, 0.5) is 0 Å². The molecule has 0 aliphatic rings. The summed E-state index contributed by atoms with van der Waals surface area (Å²) in [7, 11) is 1.22. The van der Waals surface area contributed by atoms with Crippen molar-refractivity contribution in [1.82, 2.24) is 5.32 Å². The van der Waals surface area contributed by atoms with Crippen LogP contribution >= 0.6 is 7.82 Å². The number of phosphoric ester groups is 1. The Morgan fingerprint density at radius 1 is 0.500 bits per heavy atom. The average molecular weight is 1020 g/mol. The van der Waals surface area contributed by atoms with E-state index in [9.17, 15) is 19.4 Å². The number of phosphoric acid groups is 1. The van der Waals surface area contributed by atoms with Gasteiger partial charge in [-0.15, -0.1) is 0 Å². The van der Waals surface area contributed by atoms with Crippen molar-refractivity contribution in [2.45, 2.75) is 244 Å². The number of allylic oxidation sites excluding steroid dienone is 17. The summed E-state index contributed by atoms with van der Waals surface area (Å²) in [4.78, 5) is 25.5. The third kappa shape index (κ3) is 54.9. The third-order valence-corrected chi connectivity index (χ3v) is 13.4. The van der Waals surface area contributed by atoms with Crippen molar-refractivity contribution in [3.8, 4) is 0 Å². The fourth-order valence-electron chi connectivity index (χ4n) is 7.89. The first-order valence-electron chi connectivity index (χ1n) is 29.2. The first-order valence-corrected chi connectivity index (χ1v) is 30.7. The Balaban J connectivity index is 4.24. The maximum Gasteiger partial charge on any atom is 0.268 e. The van der Waals surface area contributed by atoms with Gasteiger partial charge in [0.15, 0.2) is 0 Å². The zero-order valence-corrected chi connectivity index (χ0v) is 48.0. The number of unbranched alkanes of at least 4 members (excludes halogenated alkanes) is 23. The molecule has 414 valence electrons. The maximum absolute atomic E-state index is 13.0. The van der Waals surface area contributed by atoms with Crippen LogP contribution in [0.5, 0.6) is 0 Å². The molecule has 0 aliphatic heterocycles. The zero-order chi connectivity index (χ0) is 52.7. The van der Waals surface area contributed by atoms with Gasteiger partial charge in [-0.1, -0.05) is 239 Å². The summed E-state index contributed by atoms with van der Waals surface area (Å²) < 4.78 is 23.3. The molecule has 72 heavy (non-hydrogen) atoms. The standard InChI is InChI=1S/C63H111N2O6P/c1-6-8-10-12-14-16-18-20-22-24-26-27-28-29-30-31-32-33-34-35-36-37-39-41-43-45-47-49-51-53-55-57-63(67)64-61(60-71-72(68,69)70-59-58-65(3,4)5)62(66)56-54-52-50-48-46-44-42-40-38-25-23-21-19-17-15-13-11-9-7-2/h8,10,14,16,20,22,26-27,29-30,32-33,38,40,46,48,54,56,61-62,66H,6-7,9,11-13,15,17-19,21,23-25,28,31,34-37,39,41-45,47,49-53,55,57-60H2,1-5H3,(H-,64,67,68,69)/b10-8-,16-14-,22-20-,27-26-,30-29-,33-32-,40-38+,48-46+,56-54+. The Bertz CT molecular complexity index is 1540. The van der Waals surface area contributed by atoms with Crippen LogP contribution in [0.25, 0.3) is 0 Å². The highest BCUT2D eigenvalue weighted by Crippen LogP contribution is 2.38. The van der Waals surface area contributed by atoms with Gasteiger partial charge in [0, 0.05) is 6.42 Å². The van der Waals surface area contributed by atoms with Crippen molar-refractivity contribution in [3.63, 3.8) is 0 Å². The smallest absolute Gasteiger partial charge is 0.268 e. The van der Waals surface area contributed by atoms with Crippen LogP contribution in [0.1, 0.15) is 232 Å². The number of nitrogens with zero attached hydrogens (tertiary/aromatic N) is 1. The number of hydrogen-bond donors (Lipinski definition) is 2. The van der Waals surface area contributed by atoms with Crippen LogP contribution in [0.3, 0.4) is 0 Å². The van der Waals surface area contributed by atoms with Crippen LogP contribution in [0.15, 0.2) is 109 Å². The van der Waals surface area contributed by atoms with E-state index in [0.29, 0.717) is 17.4 Å². The molecule has 2 N–H and O–H groups in total. The second kappa shape index (κ2) is 53.0. The van der Waals surface area contributed by atoms with Gasteiger partial charge >= 0.3 is 0 Å². The molecule has 3 atom stereocenters. The van der Waals surface area contributed by atoms with Crippen molar-refractivity contribution in [3.05, 3.63) is 109 Å². The van der Waals surface area contributed by atoms with Gasteiger partial charge in [-0.2, -0.15) is 0 Å². The predicted octanol–water partition coefficient (Wildman–Crippen LogP) is 17.3. The summed E-state index contributed by atoms with van der Waals surface area (Å²) in [6.45, 7) is 4.50. The van der Waals surface area contributed by atoms with Crippen molar-refractivity contribution < 1.29 is 32.9 Å². The molecule has 0 radical (unpaired) electrons. The second-order valence-corrected chi connectivity index (χ2v) is 22.0. The van der Waals surface area contributed by atoms with Crippen LogP contribution in [0.2, 0.25) is 0 Å². The highest BCUT2D eigenvalue weighted by molar-refractivity contribution is 7.45. The number of likely N-dealkylation sites (N-methyl/N-ethyl adjacent to an activating group) is 1. The molecule has 1 amide bonds. The molecule has 0 rings (SSSR count). The Labute approximate surface area is 444 Å². The molecule has 0 saturated carbocycles. The first-order chi connectivity index (χ1) is 35.0. The summed E-state index contributed by atoms with van der Waals surface area (Å²) >= 11 is 0. The minimum Gasteiger partial charge on any atom is -0.756 e. The molecule has 8 nitrogen and oxygen atoms in total. The van der Waals surface area contributed by atoms with Crippen LogP contribution in [-0.2, 0) is 18.4 Å².